The maximum absolute atomic E-state index is 4.70. The van der Waals surface area contributed by atoms with Crippen molar-refractivity contribution in [3.05, 3.63) is 30.1 Å². The molecule has 2 aromatic heterocycles. The first-order valence-corrected chi connectivity index (χ1v) is 4.79. The fourth-order valence-electron chi connectivity index (χ4n) is 1.31. The average molecular weight is 202 g/mol. The molecular weight excluding hydrogens is 198 g/mol. The van der Waals surface area contributed by atoms with E-state index in [1.165, 1.54) is 17.7 Å². The number of fused-ring (bicyclic) bond motifs is 1. The van der Waals surface area contributed by atoms with Crippen molar-refractivity contribution in [1.82, 2.24) is 15.1 Å². The van der Waals surface area contributed by atoms with Gasteiger partial charge in [0.05, 0.1) is 10.2 Å². The van der Waals surface area contributed by atoms with Crippen LogP contribution in [-0.4, -0.2) is 15.1 Å². The molecule has 0 unspecified atom stereocenters. The van der Waals surface area contributed by atoms with Gasteiger partial charge in [-0.3, -0.25) is 0 Å². The topological polar surface area (TPSA) is 51.8 Å². The van der Waals surface area contributed by atoms with Crippen LogP contribution in [0.25, 0.3) is 21.6 Å². The van der Waals surface area contributed by atoms with E-state index >= 15 is 0 Å². The first-order valence-electron chi connectivity index (χ1n) is 3.97. The lowest BCUT2D eigenvalue weighted by Crippen LogP contribution is -1.81. The quantitative estimate of drug-likeness (QED) is 0.606. The van der Waals surface area contributed by atoms with Crippen molar-refractivity contribution in [1.29, 1.82) is 0 Å². The number of hydrogen-bond acceptors (Lipinski definition) is 5. The minimum Gasteiger partial charge on any atom is -0.342 e. The second-order valence-electron chi connectivity index (χ2n) is 2.71. The zero-order chi connectivity index (χ0) is 9.38. The van der Waals surface area contributed by atoms with Gasteiger partial charge < -0.3 is 4.52 Å². The largest absolute Gasteiger partial charge is 0.342 e. The summed E-state index contributed by atoms with van der Waals surface area (Å²) in [6.45, 7) is 0. The third-order valence-corrected chi connectivity index (χ3v) is 2.65. The molecule has 1 aromatic carbocycles. The molecule has 0 saturated carbocycles. The molecular formula is C9H4N3OS. The van der Waals surface area contributed by atoms with Crippen molar-refractivity contribution < 1.29 is 4.52 Å². The predicted molar refractivity (Wildman–Crippen MR) is 51.7 cm³/mol. The molecule has 0 amide bonds. The van der Waals surface area contributed by atoms with E-state index in [0.29, 0.717) is 5.82 Å². The lowest BCUT2D eigenvalue weighted by atomic mass is 10.2. The van der Waals surface area contributed by atoms with E-state index in [2.05, 4.69) is 20.6 Å². The van der Waals surface area contributed by atoms with Gasteiger partial charge in [-0.25, -0.2) is 4.98 Å². The summed E-state index contributed by atoms with van der Waals surface area (Å²) in [7, 11) is 0. The lowest BCUT2D eigenvalue weighted by Gasteiger charge is -1.94. The first kappa shape index (κ1) is 7.64. The Kier molecular flexibility index (Phi) is 1.57. The summed E-state index contributed by atoms with van der Waals surface area (Å²) >= 11 is 1.48. The minimum atomic E-state index is 0.565. The van der Waals surface area contributed by atoms with Crippen molar-refractivity contribution in [3.8, 4) is 11.4 Å². The molecule has 1 radical (unpaired) electrons. The Morgan fingerprint density at radius 3 is 3.21 bits per heavy atom. The third-order valence-electron chi connectivity index (χ3n) is 1.91. The number of nitrogens with zero attached hydrogens (tertiary/aromatic N) is 3. The van der Waals surface area contributed by atoms with Crippen molar-refractivity contribution in [2.24, 2.45) is 0 Å². The summed E-state index contributed by atoms with van der Waals surface area (Å²) in [5.74, 6) is 0.565. The van der Waals surface area contributed by atoms with Crippen LogP contribution in [0.2, 0.25) is 0 Å². The lowest BCUT2D eigenvalue weighted by molar-refractivity contribution is 0.419. The SMILES string of the molecule is [c]1nc2c(-c3ncon3)cccc2s1. The smallest absolute Gasteiger partial charge is 0.214 e. The highest BCUT2D eigenvalue weighted by atomic mass is 32.1. The van der Waals surface area contributed by atoms with E-state index in [1.807, 2.05) is 18.2 Å². The Bertz CT molecular complexity index is 558. The Labute approximate surface area is 83.2 Å². The minimum absolute atomic E-state index is 0.565. The molecule has 0 spiro atoms. The predicted octanol–water partition coefficient (Wildman–Crippen LogP) is 2.15. The van der Waals surface area contributed by atoms with E-state index in [0.717, 1.165) is 15.8 Å². The molecule has 2 heterocycles. The molecule has 0 saturated heterocycles. The van der Waals surface area contributed by atoms with Crippen molar-refractivity contribution >= 4 is 21.6 Å². The molecule has 67 valence electrons. The molecule has 0 aliphatic carbocycles. The molecule has 3 rings (SSSR count). The number of para-hydroxylation sites is 1. The van der Waals surface area contributed by atoms with Gasteiger partial charge in [-0.1, -0.05) is 11.2 Å². The third kappa shape index (κ3) is 1.03. The van der Waals surface area contributed by atoms with Crippen LogP contribution in [0.15, 0.2) is 29.1 Å². The van der Waals surface area contributed by atoms with Crippen LogP contribution in [0, 0.1) is 5.51 Å². The van der Waals surface area contributed by atoms with Gasteiger partial charge >= 0.3 is 0 Å². The van der Waals surface area contributed by atoms with Gasteiger partial charge in [0.2, 0.25) is 12.2 Å². The van der Waals surface area contributed by atoms with E-state index in [1.54, 1.807) is 0 Å². The summed E-state index contributed by atoms with van der Waals surface area (Å²) in [5, 5.41) is 3.78. The molecule has 0 bridgehead atoms. The van der Waals surface area contributed by atoms with Gasteiger partial charge in [0.25, 0.3) is 0 Å². The zero-order valence-electron chi connectivity index (χ0n) is 6.97. The summed E-state index contributed by atoms with van der Waals surface area (Å²) in [6, 6.07) is 5.86. The van der Waals surface area contributed by atoms with Crippen LogP contribution in [0.1, 0.15) is 0 Å². The molecule has 0 aliphatic heterocycles. The second kappa shape index (κ2) is 2.88. The Morgan fingerprint density at radius 1 is 1.36 bits per heavy atom. The van der Waals surface area contributed by atoms with Gasteiger partial charge in [0.1, 0.15) is 0 Å². The summed E-state index contributed by atoms with van der Waals surface area (Å²) in [5.41, 5.74) is 4.60. The number of benzene rings is 1. The highest BCUT2D eigenvalue weighted by Crippen LogP contribution is 2.26. The number of rotatable bonds is 1. The molecule has 4 nitrogen and oxygen atoms in total. The Balaban J connectivity index is 2.36. The van der Waals surface area contributed by atoms with Gasteiger partial charge in [0.15, 0.2) is 5.51 Å². The standard InChI is InChI=1S/C9H4N3OS/c1-2-6(9-10-4-13-12-9)8-7(3-1)14-5-11-8/h1-4H. The van der Waals surface area contributed by atoms with Crippen molar-refractivity contribution in [2.45, 2.75) is 0 Å². The fourth-order valence-corrected chi connectivity index (χ4v) is 1.94. The monoisotopic (exact) mass is 202 g/mol. The molecule has 0 atom stereocenters. The maximum Gasteiger partial charge on any atom is 0.214 e. The van der Waals surface area contributed by atoms with Gasteiger partial charge in [0, 0.05) is 5.56 Å². The van der Waals surface area contributed by atoms with E-state index in [-0.39, 0.29) is 0 Å². The molecule has 14 heavy (non-hydrogen) atoms. The molecule has 3 aromatic rings. The highest BCUT2D eigenvalue weighted by molar-refractivity contribution is 7.16. The Morgan fingerprint density at radius 2 is 2.36 bits per heavy atom. The highest BCUT2D eigenvalue weighted by Gasteiger charge is 2.09. The number of aromatic nitrogens is 3. The molecule has 0 N–H and O–H groups in total. The van der Waals surface area contributed by atoms with Crippen molar-refractivity contribution in [3.63, 3.8) is 0 Å². The van der Waals surface area contributed by atoms with E-state index in [4.69, 9.17) is 4.52 Å². The van der Waals surface area contributed by atoms with Gasteiger partial charge in [-0.05, 0) is 12.1 Å². The van der Waals surface area contributed by atoms with Crippen LogP contribution in [0.4, 0.5) is 0 Å². The number of thiazole rings is 1. The van der Waals surface area contributed by atoms with Crippen LogP contribution >= 0.6 is 11.3 Å². The zero-order valence-corrected chi connectivity index (χ0v) is 7.78. The van der Waals surface area contributed by atoms with Crippen LogP contribution in [0.5, 0.6) is 0 Å². The van der Waals surface area contributed by atoms with Crippen LogP contribution in [0.3, 0.4) is 0 Å². The van der Waals surface area contributed by atoms with Gasteiger partial charge in [-0.15, -0.1) is 11.3 Å². The van der Waals surface area contributed by atoms with Crippen molar-refractivity contribution in [2.75, 3.05) is 0 Å². The fraction of sp³-hybridized carbons (Fsp3) is 0. The normalized spacial score (nSPS) is 10.9. The number of hydrogen-bond donors (Lipinski definition) is 0. The summed E-state index contributed by atoms with van der Waals surface area (Å²) in [6.07, 6.45) is 1.31. The Hall–Kier alpha value is -1.75. The van der Waals surface area contributed by atoms with E-state index < -0.39 is 0 Å². The maximum atomic E-state index is 4.70. The second-order valence-corrected chi connectivity index (χ2v) is 3.54. The summed E-state index contributed by atoms with van der Waals surface area (Å²) in [4.78, 5) is 8.14. The van der Waals surface area contributed by atoms with Crippen LogP contribution < -0.4 is 0 Å². The summed E-state index contributed by atoms with van der Waals surface area (Å²) < 4.78 is 5.77. The first-order chi connectivity index (χ1) is 6.95. The average Bonchev–Trinajstić information content (AvgIpc) is 2.88. The molecule has 0 fully saturated rings. The van der Waals surface area contributed by atoms with Crippen LogP contribution in [-0.2, 0) is 0 Å². The van der Waals surface area contributed by atoms with Gasteiger partial charge in [-0.2, -0.15) is 4.98 Å². The molecule has 5 heteroatoms. The van der Waals surface area contributed by atoms with E-state index in [9.17, 15) is 0 Å². The molecule has 0 aliphatic rings.